The van der Waals surface area contributed by atoms with Gasteiger partial charge in [0.2, 0.25) is 0 Å². The summed E-state index contributed by atoms with van der Waals surface area (Å²) in [7, 11) is 0. The normalized spacial score (nSPS) is 36.5. The Labute approximate surface area is 377 Å². The summed E-state index contributed by atoms with van der Waals surface area (Å²) in [6.45, 7) is 5.16. The van der Waals surface area contributed by atoms with E-state index in [2.05, 4.69) is 0 Å². The first-order valence-corrected chi connectivity index (χ1v) is 19.4. The van der Waals surface area contributed by atoms with Crippen molar-refractivity contribution in [2.75, 3.05) is 19.8 Å². The number of aliphatic hydroxyl groups is 7. The summed E-state index contributed by atoms with van der Waals surface area (Å²) < 4.78 is 34.6. The average molecular weight is 975 g/mol. The minimum absolute atomic E-state index is 0.0889. The summed E-state index contributed by atoms with van der Waals surface area (Å²) >= 11 is 0. The second-order valence-corrected chi connectivity index (χ2v) is 14.4. The summed E-state index contributed by atoms with van der Waals surface area (Å²) in [4.78, 5) is 54.0. The molecule has 4 fully saturated rings. The van der Waals surface area contributed by atoms with Crippen LogP contribution in [-0.2, 0) is 57.2 Å². The number of nitrogens with two attached hydrogens (primary N) is 6. The van der Waals surface area contributed by atoms with Crippen LogP contribution in [0.5, 0.6) is 0 Å². The molecule has 66 heavy (non-hydrogen) atoms. The van der Waals surface area contributed by atoms with Crippen molar-refractivity contribution in [2.24, 2.45) is 34.4 Å². The topological polar surface area (TPSA) is 577 Å². The first-order valence-electron chi connectivity index (χ1n) is 19.4. The zero-order chi connectivity index (χ0) is 52.5. The lowest BCUT2D eigenvalue weighted by molar-refractivity contribution is -0.299. The van der Waals surface area contributed by atoms with Crippen LogP contribution in [0, 0.1) is 0 Å². The van der Waals surface area contributed by atoms with E-state index in [0.717, 1.165) is 41.5 Å². The van der Waals surface area contributed by atoms with Gasteiger partial charge in [-0.15, -0.1) is 0 Å². The van der Waals surface area contributed by atoms with Crippen LogP contribution in [0.1, 0.15) is 48.0 Å². The zero-order valence-electron chi connectivity index (χ0n) is 37.0. The molecule has 3 heterocycles. The Morgan fingerprint density at radius 2 is 0.773 bits per heavy atom. The van der Waals surface area contributed by atoms with Gasteiger partial charge < -0.3 is 129 Å². The second kappa shape index (κ2) is 33.5. The molecule has 19 atom stereocenters. The van der Waals surface area contributed by atoms with Crippen LogP contribution < -0.4 is 34.4 Å². The summed E-state index contributed by atoms with van der Waals surface area (Å²) in [5, 5.41) is 117. The third-order valence-electron chi connectivity index (χ3n) is 8.41. The van der Waals surface area contributed by atoms with E-state index in [1.165, 1.54) is 0 Å². The van der Waals surface area contributed by atoms with Crippen LogP contribution in [-0.4, -0.2) is 238 Å². The third-order valence-corrected chi connectivity index (χ3v) is 8.41. The standard InChI is InChI=1S/C23H46N6O13.6C2H4O2/c24-2-7-14(33)16(35)12(29)22(37-7)41-19-9(4-31)39-23(17(19)36)42-20-13(32)5(25)1-6(26)18(20)40-21-11(28)15(34)10(27)8(3-30)38-21;6*1-2(3)4/h5-23,30-36H,1-4,24-29H2;6*1H3,(H,3,4)/t5-,6+,7+,8-,9-,10+,11-,12-,13+,14-,15+,16-,17-,18-,19-,20-,21-,22-,23+;;;;;;/m1....../s1. The van der Waals surface area contributed by atoms with E-state index in [1.807, 2.05) is 0 Å². The minimum Gasteiger partial charge on any atom is -0.481 e. The molecule has 3 saturated heterocycles. The number of carboxylic acids is 6. The van der Waals surface area contributed by atoms with Crippen molar-refractivity contribution in [3.8, 4) is 0 Å². The SMILES string of the molecule is CC(=O)O.CC(=O)O.CC(=O)O.CC(=O)O.CC(=O)O.CC(=O)O.NC[C@@H]1O[C@H](O[C@H]2[C@@H](O)[C@H](O[C@@H]3[C@@H](O)[C@H](N)C[C@H](N)[C@H]3O[C@H]3O[C@H](CO)[C@H](N)[C@H](O)[C@H]3N)O[C@@H]2CO)[C@H](N)[C@@H](O)[C@@H]1O. The van der Waals surface area contributed by atoms with Gasteiger partial charge in [0.1, 0.15) is 54.9 Å². The molecule has 1 saturated carbocycles. The minimum atomic E-state index is -1.60. The van der Waals surface area contributed by atoms with Crippen molar-refractivity contribution < 1.29 is 124 Å². The van der Waals surface area contributed by atoms with Gasteiger partial charge in [-0.3, -0.25) is 28.8 Å². The fourth-order valence-corrected chi connectivity index (χ4v) is 5.75. The molecule has 0 radical (unpaired) electrons. The molecule has 0 aromatic carbocycles. The van der Waals surface area contributed by atoms with Crippen molar-refractivity contribution >= 4 is 35.8 Å². The average Bonchev–Trinajstić information content (AvgIpc) is 3.46. The van der Waals surface area contributed by atoms with E-state index in [1.54, 1.807) is 0 Å². The van der Waals surface area contributed by atoms with E-state index in [4.69, 9.17) is 122 Å². The highest BCUT2D eigenvalue weighted by atomic mass is 16.8. The highest BCUT2D eigenvalue weighted by molar-refractivity contribution is 5.64. The number of rotatable bonds is 9. The quantitative estimate of drug-likeness (QED) is 0.102. The Balaban J connectivity index is -0.00000136. The van der Waals surface area contributed by atoms with E-state index < -0.39 is 165 Å². The summed E-state index contributed by atoms with van der Waals surface area (Å²) in [5.74, 6) is -5.00. The fourth-order valence-electron chi connectivity index (χ4n) is 5.75. The Hall–Kier alpha value is -3.94. The van der Waals surface area contributed by atoms with Crippen LogP contribution in [0.15, 0.2) is 0 Å². The molecule has 0 spiro atoms. The van der Waals surface area contributed by atoms with Gasteiger partial charge in [-0.2, -0.15) is 0 Å². The smallest absolute Gasteiger partial charge is 0.300 e. The molecule has 4 aliphatic rings. The lowest BCUT2D eigenvalue weighted by Gasteiger charge is -2.47. The molecular formula is C35H70N6O25. The number of aliphatic hydroxyl groups excluding tert-OH is 7. The predicted molar refractivity (Wildman–Crippen MR) is 218 cm³/mol. The predicted octanol–water partition coefficient (Wildman–Crippen LogP) is -8.35. The number of aliphatic carboxylic acids is 6. The summed E-state index contributed by atoms with van der Waals surface area (Å²) in [5.41, 5.74) is 35.9. The molecule has 3 aliphatic heterocycles. The van der Waals surface area contributed by atoms with Gasteiger partial charge in [-0.05, 0) is 6.42 Å². The van der Waals surface area contributed by atoms with Crippen LogP contribution in [0.4, 0.5) is 0 Å². The maximum Gasteiger partial charge on any atom is 0.300 e. The van der Waals surface area contributed by atoms with Crippen molar-refractivity contribution in [3.63, 3.8) is 0 Å². The summed E-state index contributed by atoms with van der Waals surface area (Å²) in [6.07, 6.45) is -18.3. The van der Waals surface area contributed by atoms with Gasteiger partial charge >= 0.3 is 0 Å². The van der Waals surface area contributed by atoms with Crippen LogP contribution in [0.2, 0.25) is 0 Å². The third kappa shape index (κ3) is 25.8. The van der Waals surface area contributed by atoms with E-state index in [9.17, 15) is 35.7 Å². The van der Waals surface area contributed by atoms with Gasteiger partial charge in [-0.25, -0.2) is 0 Å². The van der Waals surface area contributed by atoms with Gasteiger partial charge in [0, 0.05) is 60.2 Å². The van der Waals surface area contributed by atoms with E-state index in [0.29, 0.717) is 0 Å². The molecule has 0 aromatic rings. The Bertz CT molecular complexity index is 1320. The number of carbonyl (C=O) groups is 6. The van der Waals surface area contributed by atoms with Crippen LogP contribution in [0.3, 0.4) is 0 Å². The molecule has 390 valence electrons. The number of carboxylic acid groups (broad SMARTS) is 6. The fraction of sp³-hybridized carbons (Fsp3) is 0.829. The van der Waals surface area contributed by atoms with E-state index in [-0.39, 0.29) is 13.0 Å². The molecule has 0 amide bonds. The zero-order valence-corrected chi connectivity index (χ0v) is 37.0. The van der Waals surface area contributed by atoms with Gasteiger partial charge in [0.05, 0.1) is 43.5 Å². The molecule has 0 aromatic heterocycles. The Morgan fingerprint density at radius 1 is 0.439 bits per heavy atom. The summed E-state index contributed by atoms with van der Waals surface area (Å²) in [6, 6.07) is -5.10. The van der Waals surface area contributed by atoms with Crippen LogP contribution >= 0.6 is 0 Å². The largest absolute Gasteiger partial charge is 0.481 e. The Kier molecular flexibility index (Phi) is 33.7. The first-order chi connectivity index (χ1) is 30.2. The molecular weight excluding hydrogens is 904 g/mol. The first kappa shape index (κ1) is 66.3. The van der Waals surface area contributed by atoms with Crippen molar-refractivity contribution in [2.45, 2.75) is 164 Å². The second-order valence-electron chi connectivity index (χ2n) is 14.4. The van der Waals surface area contributed by atoms with Crippen LogP contribution in [0.25, 0.3) is 0 Å². The number of hydrogen-bond acceptors (Lipinski definition) is 25. The molecule has 31 heteroatoms. The molecule has 1 aliphatic carbocycles. The Morgan fingerprint density at radius 3 is 1.15 bits per heavy atom. The van der Waals surface area contributed by atoms with Gasteiger partial charge in [0.25, 0.3) is 35.8 Å². The molecule has 0 bridgehead atoms. The number of ether oxygens (including phenoxy) is 6. The van der Waals surface area contributed by atoms with Gasteiger partial charge in [-0.1, -0.05) is 0 Å². The van der Waals surface area contributed by atoms with Crippen molar-refractivity contribution in [1.82, 2.24) is 0 Å². The lowest BCUT2D eigenvalue weighted by atomic mass is 9.84. The van der Waals surface area contributed by atoms with E-state index >= 15 is 0 Å². The molecule has 4 rings (SSSR count). The van der Waals surface area contributed by atoms with Crippen molar-refractivity contribution in [3.05, 3.63) is 0 Å². The highest BCUT2D eigenvalue weighted by Crippen LogP contribution is 2.34. The molecule has 25 N–H and O–H groups in total. The monoisotopic (exact) mass is 974 g/mol. The lowest BCUT2D eigenvalue weighted by Crippen LogP contribution is -2.69. The van der Waals surface area contributed by atoms with Crippen molar-refractivity contribution in [1.29, 1.82) is 0 Å². The number of hydrogen-bond donors (Lipinski definition) is 19. The molecule has 0 unspecified atom stereocenters. The molecule has 31 nitrogen and oxygen atoms in total. The maximum atomic E-state index is 11.1. The van der Waals surface area contributed by atoms with Gasteiger partial charge in [0.15, 0.2) is 18.9 Å². The maximum absolute atomic E-state index is 11.1. The highest BCUT2D eigenvalue weighted by Gasteiger charge is 2.54.